The highest BCUT2D eigenvalue weighted by molar-refractivity contribution is 6.31. The SMILES string of the molecule is CC(=O)N(C)C(C)(C)[C@@H]1CC2(CCN(C(=O)[C@@H]3CN(C(C)(C)C)C[C@H]3c3ccc(F)cc3F)CC2)c2cc(Cl)c(C)cc21. The van der Waals surface area contributed by atoms with E-state index in [4.69, 9.17) is 11.6 Å². The van der Waals surface area contributed by atoms with Gasteiger partial charge in [-0.2, -0.15) is 0 Å². The molecule has 0 N–H and O–H groups in total. The normalized spacial score (nSPS) is 24.0. The van der Waals surface area contributed by atoms with E-state index >= 15 is 4.39 Å². The number of likely N-dealkylation sites (N-methyl/N-ethyl adjacent to an activating group) is 1. The summed E-state index contributed by atoms with van der Waals surface area (Å²) in [6, 6.07) is 8.04. The molecule has 2 fully saturated rings. The first-order valence-corrected chi connectivity index (χ1v) is 15.9. The van der Waals surface area contributed by atoms with Gasteiger partial charge in [0.1, 0.15) is 11.6 Å². The average molecular weight is 614 g/mol. The number of benzene rings is 2. The standard InChI is InChI=1S/C35H46ClF2N3O2/c1-21-15-25-28(17-30(21)36)35(18-29(25)34(6,7)39(8)22(2)42)11-13-40(14-12-35)32(43)27-20-41(33(3,4)5)19-26(27)24-10-9-23(37)16-31(24)38/h9-10,15-17,26-27,29H,11-14,18-20H2,1-8H3/t26-,27+,29+/m0/s1. The van der Waals surface area contributed by atoms with E-state index in [0.717, 1.165) is 35.9 Å². The second kappa shape index (κ2) is 11.1. The molecule has 3 atom stereocenters. The van der Waals surface area contributed by atoms with Crippen LogP contribution in [0.15, 0.2) is 30.3 Å². The number of hydrogen-bond acceptors (Lipinski definition) is 3. The fraction of sp³-hybridized carbons (Fsp3) is 0.600. The number of aryl methyl sites for hydroxylation is 1. The molecule has 0 bridgehead atoms. The van der Waals surface area contributed by atoms with E-state index < -0.39 is 23.1 Å². The fourth-order valence-electron chi connectivity index (χ4n) is 7.91. The lowest BCUT2D eigenvalue weighted by Crippen LogP contribution is -2.50. The van der Waals surface area contributed by atoms with E-state index in [1.54, 1.807) is 6.92 Å². The summed E-state index contributed by atoms with van der Waals surface area (Å²) < 4.78 is 28.8. The summed E-state index contributed by atoms with van der Waals surface area (Å²) in [6.07, 6.45) is 2.49. The van der Waals surface area contributed by atoms with Crippen molar-refractivity contribution in [2.75, 3.05) is 33.2 Å². The molecule has 0 saturated carbocycles. The molecule has 2 heterocycles. The first kappa shape index (κ1) is 31.9. The van der Waals surface area contributed by atoms with Crippen molar-refractivity contribution in [3.05, 3.63) is 69.2 Å². The summed E-state index contributed by atoms with van der Waals surface area (Å²) >= 11 is 6.69. The van der Waals surface area contributed by atoms with E-state index in [2.05, 4.69) is 51.7 Å². The molecule has 1 spiro atoms. The molecule has 2 saturated heterocycles. The monoisotopic (exact) mass is 613 g/mol. The van der Waals surface area contributed by atoms with Crippen molar-refractivity contribution in [3.8, 4) is 0 Å². The highest BCUT2D eigenvalue weighted by Crippen LogP contribution is 2.57. The fourth-order valence-corrected chi connectivity index (χ4v) is 8.08. The Morgan fingerprint density at radius 1 is 1.00 bits per heavy atom. The number of piperidine rings is 1. The Kier molecular flexibility index (Phi) is 8.26. The second-order valence-corrected chi connectivity index (χ2v) is 15.1. The summed E-state index contributed by atoms with van der Waals surface area (Å²) in [4.78, 5) is 32.7. The lowest BCUT2D eigenvalue weighted by molar-refractivity contribution is -0.138. The van der Waals surface area contributed by atoms with Crippen molar-refractivity contribution < 1.29 is 18.4 Å². The summed E-state index contributed by atoms with van der Waals surface area (Å²) in [5.41, 5.74) is 3.21. The minimum Gasteiger partial charge on any atom is -0.342 e. The highest BCUT2D eigenvalue weighted by Gasteiger charge is 2.52. The van der Waals surface area contributed by atoms with E-state index in [1.165, 1.54) is 23.3 Å². The van der Waals surface area contributed by atoms with Crippen molar-refractivity contribution in [2.24, 2.45) is 5.92 Å². The molecule has 0 unspecified atom stereocenters. The number of rotatable bonds is 4. The number of hydrogen-bond donors (Lipinski definition) is 0. The quantitative estimate of drug-likeness (QED) is 0.371. The van der Waals surface area contributed by atoms with Gasteiger partial charge in [0.05, 0.1) is 5.92 Å². The average Bonchev–Trinajstić information content (AvgIpc) is 3.50. The van der Waals surface area contributed by atoms with E-state index in [9.17, 15) is 14.0 Å². The second-order valence-electron chi connectivity index (χ2n) is 14.7. The predicted molar refractivity (Wildman–Crippen MR) is 167 cm³/mol. The van der Waals surface area contributed by atoms with Crippen LogP contribution >= 0.6 is 11.6 Å². The predicted octanol–water partition coefficient (Wildman–Crippen LogP) is 7.05. The summed E-state index contributed by atoms with van der Waals surface area (Å²) in [5, 5.41) is 0.743. The van der Waals surface area contributed by atoms with Gasteiger partial charge in [-0.15, -0.1) is 0 Å². The molecule has 2 aromatic carbocycles. The van der Waals surface area contributed by atoms with Gasteiger partial charge >= 0.3 is 0 Å². The molecular weight excluding hydrogens is 568 g/mol. The molecule has 2 aromatic rings. The lowest BCUT2D eigenvalue weighted by atomic mass is 9.71. The van der Waals surface area contributed by atoms with E-state index in [1.807, 2.05) is 23.8 Å². The first-order valence-electron chi connectivity index (χ1n) is 15.5. The smallest absolute Gasteiger partial charge is 0.227 e. The van der Waals surface area contributed by atoms with Crippen molar-refractivity contribution in [1.29, 1.82) is 0 Å². The zero-order valence-electron chi connectivity index (χ0n) is 26.9. The Bertz CT molecular complexity index is 1430. The number of amides is 2. The van der Waals surface area contributed by atoms with Crippen molar-refractivity contribution in [2.45, 2.75) is 96.1 Å². The molecular formula is C35H46ClF2N3O2. The molecule has 0 aromatic heterocycles. The van der Waals surface area contributed by atoms with Crippen LogP contribution in [0, 0.1) is 24.5 Å². The molecule has 5 nitrogen and oxygen atoms in total. The molecule has 8 heteroatoms. The van der Waals surface area contributed by atoms with Gasteiger partial charge in [0, 0.05) is 74.2 Å². The number of carbonyl (C=O) groups excluding carboxylic acids is 2. The molecule has 2 aliphatic heterocycles. The van der Waals surface area contributed by atoms with Crippen molar-refractivity contribution in [3.63, 3.8) is 0 Å². The largest absolute Gasteiger partial charge is 0.342 e. The van der Waals surface area contributed by atoms with Crippen LogP contribution < -0.4 is 0 Å². The maximum Gasteiger partial charge on any atom is 0.227 e. The summed E-state index contributed by atoms with van der Waals surface area (Å²) in [7, 11) is 1.87. The number of carbonyl (C=O) groups is 2. The zero-order valence-corrected chi connectivity index (χ0v) is 27.6. The Balaban J connectivity index is 1.42. The van der Waals surface area contributed by atoms with Gasteiger partial charge in [-0.25, -0.2) is 8.78 Å². The van der Waals surface area contributed by atoms with Gasteiger partial charge in [-0.05, 0) is 101 Å². The van der Waals surface area contributed by atoms with Crippen molar-refractivity contribution >= 4 is 23.4 Å². The van der Waals surface area contributed by atoms with Gasteiger partial charge < -0.3 is 9.80 Å². The van der Waals surface area contributed by atoms with Crippen LogP contribution in [-0.4, -0.2) is 70.8 Å². The Morgan fingerprint density at radius 2 is 1.65 bits per heavy atom. The third kappa shape index (κ3) is 5.61. The van der Waals surface area contributed by atoms with Gasteiger partial charge in [0.25, 0.3) is 0 Å². The van der Waals surface area contributed by atoms with Crippen LogP contribution in [0.1, 0.15) is 94.9 Å². The highest BCUT2D eigenvalue weighted by atomic mass is 35.5. The zero-order chi connectivity index (χ0) is 31.6. The number of halogens is 3. The van der Waals surface area contributed by atoms with Gasteiger partial charge in [-0.1, -0.05) is 23.7 Å². The Morgan fingerprint density at radius 3 is 2.23 bits per heavy atom. The Labute approximate surface area is 260 Å². The van der Waals surface area contributed by atoms with Crippen LogP contribution in [0.25, 0.3) is 0 Å². The molecule has 2 amide bonds. The first-order chi connectivity index (χ1) is 20.0. The number of likely N-dealkylation sites (tertiary alicyclic amines) is 2. The molecule has 5 rings (SSSR count). The minimum absolute atomic E-state index is 0.0339. The van der Waals surface area contributed by atoms with Crippen LogP contribution in [-0.2, 0) is 15.0 Å². The summed E-state index contributed by atoms with van der Waals surface area (Å²) in [6.45, 7) is 16.5. The third-order valence-corrected chi connectivity index (χ3v) is 11.4. The van der Waals surface area contributed by atoms with Crippen LogP contribution in [0.3, 0.4) is 0 Å². The van der Waals surface area contributed by atoms with Crippen LogP contribution in [0.5, 0.6) is 0 Å². The molecule has 1 aliphatic carbocycles. The topological polar surface area (TPSA) is 43.9 Å². The third-order valence-electron chi connectivity index (χ3n) is 11.0. The maximum absolute atomic E-state index is 15.0. The van der Waals surface area contributed by atoms with Gasteiger partial charge in [0.2, 0.25) is 11.8 Å². The van der Waals surface area contributed by atoms with Gasteiger partial charge in [-0.3, -0.25) is 14.5 Å². The summed E-state index contributed by atoms with van der Waals surface area (Å²) in [5.74, 6) is -1.73. The molecule has 43 heavy (non-hydrogen) atoms. The van der Waals surface area contributed by atoms with E-state index in [0.29, 0.717) is 31.7 Å². The molecule has 0 radical (unpaired) electrons. The minimum atomic E-state index is -0.612. The van der Waals surface area contributed by atoms with Gasteiger partial charge in [0.15, 0.2) is 0 Å². The van der Waals surface area contributed by atoms with Crippen LogP contribution in [0.2, 0.25) is 5.02 Å². The maximum atomic E-state index is 15.0. The molecule has 234 valence electrons. The lowest BCUT2D eigenvalue weighted by Gasteiger charge is -2.44. The van der Waals surface area contributed by atoms with Crippen molar-refractivity contribution in [1.82, 2.24) is 14.7 Å². The molecule has 3 aliphatic rings. The number of fused-ring (bicyclic) bond motifs is 2. The number of nitrogens with zero attached hydrogens (tertiary/aromatic N) is 3. The van der Waals surface area contributed by atoms with Crippen LogP contribution in [0.4, 0.5) is 8.78 Å². The van der Waals surface area contributed by atoms with E-state index in [-0.39, 0.29) is 34.6 Å². The Hall–Kier alpha value is -2.51.